The fourth-order valence-electron chi connectivity index (χ4n) is 17.6. The maximum atomic E-state index is 6.27. The van der Waals surface area contributed by atoms with E-state index in [0.29, 0.717) is 65.9 Å². The van der Waals surface area contributed by atoms with Crippen LogP contribution in [0.25, 0.3) is 33.6 Å². The third-order valence-corrected chi connectivity index (χ3v) is 25.2. The van der Waals surface area contributed by atoms with E-state index in [1.54, 1.807) is 0 Å². The molecule has 666 valence electrons. The van der Waals surface area contributed by atoms with Crippen LogP contribution >= 0.6 is 0 Å². The van der Waals surface area contributed by atoms with Crippen molar-refractivity contribution >= 4 is 0 Å². The summed E-state index contributed by atoms with van der Waals surface area (Å²) in [5, 5.41) is 0. The number of hydrogen-bond donors (Lipinski definition) is 0. The van der Waals surface area contributed by atoms with Gasteiger partial charge in [0.05, 0.1) is 48.6 Å². The van der Waals surface area contributed by atoms with Gasteiger partial charge in [-0.1, -0.05) is 265 Å². The van der Waals surface area contributed by atoms with Crippen LogP contribution in [0.2, 0.25) is 0 Å². The number of pyridine rings is 6. The monoisotopic (exact) mass is 1740 g/mol. The molecule has 0 aliphatic heterocycles. The average Bonchev–Trinajstić information content (AvgIpc) is 0.733. The molecule has 0 unspecified atom stereocenters. The van der Waals surface area contributed by atoms with Gasteiger partial charge in [0.25, 0.3) is 0 Å². The zero-order valence-electron chi connectivity index (χ0n) is 78.6. The van der Waals surface area contributed by atoms with Crippen LogP contribution in [0.15, 0.2) is 390 Å². The van der Waals surface area contributed by atoms with Crippen molar-refractivity contribution in [2.75, 3.05) is 52.9 Å². The normalized spacial score (nSPS) is 12.1. The van der Waals surface area contributed by atoms with E-state index in [1.165, 1.54) is 77.9 Å². The van der Waals surface area contributed by atoms with E-state index >= 15 is 0 Å². The van der Waals surface area contributed by atoms with E-state index in [0.717, 1.165) is 80.9 Å². The molecule has 12 nitrogen and oxygen atoms in total. The molecule has 16 rings (SSSR count). The number of benzene rings is 10. The van der Waals surface area contributed by atoms with Crippen molar-refractivity contribution in [1.29, 1.82) is 0 Å². The van der Waals surface area contributed by atoms with E-state index in [9.17, 15) is 0 Å². The predicted octanol–water partition coefficient (Wildman–Crippen LogP) is 23.7. The first-order valence-electron chi connectivity index (χ1n) is 46.4. The standard InChI is InChI=1S/C120H124N6O6/c1-115(2,3)97-27-35-103(36-28-97)119(101-19-15-13-16-20-101,104-37-29-98(30-38-104)116(4,5)6)107-43-51-111(52-44-107)131-81-77-127-75-79-129-109-47-23-89(24-48-109)85-123-67-57-93(58-68-123)95-61-71-125(72-62-95)87-91-55-65-121-113(83-91)114-84-92(56-66-122-114)88-126-73-63-96(64-74-126)94-59-69-124(70-60-94)86-90-25-49-110(50-26-90)130-80-76-128-78-82-132-112-53-45-108(46-54-112)120(102-21-17-14-18-22-102,105-39-31-99(32-40-105)117(7,8)9)106-41-33-100(34-42-106)118(10,11)12/h13-74,83-84H,75-82,85-88H2,1-12H3/q+4. The molecule has 0 aliphatic rings. The molecule has 0 saturated heterocycles. The third-order valence-electron chi connectivity index (χ3n) is 25.2. The van der Waals surface area contributed by atoms with Crippen molar-refractivity contribution in [3.8, 4) is 56.6 Å². The van der Waals surface area contributed by atoms with Gasteiger partial charge in [0, 0.05) is 83.2 Å². The van der Waals surface area contributed by atoms with Gasteiger partial charge in [-0.25, -0.2) is 18.3 Å². The molecule has 16 aromatic rings. The summed E-state index contributed by atoms with van der Waals surface area (Å²) in [7, 11) is 0. The van der Waals surface area contributed by atoms with E-state index < -0.39 is 10.8 Å². The minimum Gasteiger partial charge on any atom is -0.491 e. The molecule has 6 heterocycles. The zero-order chi connectivity index (χ0) is 91.7. The summed E-state index contributed by atoms with van der Waals surface area (Å²) in [6, 6.07) is 118. The number of rotatable bonds is 35. The van der Waals surface area contributed by atoms with Crippen LogP contribution in [0.5, 0.6) is 23.0 Å². The van der Waals surface area contributed by atoms with Gasteiger partial charge in [-0.05, 0) is 208 Å². The van der Waals surface area contributed by atoms with Crippen molar-refractivity contribution in [2.45, 2.75) is 142 Å². The van der Waals surface area contributed by atoms with E-state index in [2.05, 4.69) is 454 Å². The van der Waals surface area contributed by atoms with Crippen molar-refractivity contribution in [3.63, 3.8) is 0 Å². The summed E-state index contributed by atoms with van der Waals surface area (Å²) in [6.45, 7) is 33.6. The zero-order valence-corrected chi connectivity index (χ0v) is 78.6. The number of aromatic nitrogens is 6. The van der Waals surface area contributed by atoms with Crippen LogP contribution in [0.3, 0.4) is 0 Å². The maximum Gasteiger partial charge on any atom is 0.173 e. The lowest BCUT2D eigenvalue weighted by Crippen LogP contribution is -2.33. The molecule has 0 atom stereocenters. The third kappa shape index (κ3) is 22.4. The van der Waals surface area contributed by atoms with Crippen LogP contribution < -0.4 is 37.2 Å². The highest BCUT2D eigenvalue weighted by atomic mass is 16.6. The number of ether oxygens (including phenoxy) is 6. The van der Waals surface area contributed by atoms with Gasteiger partial charge < -0.3 is 28.4 Å². The smallest absolute Gasteiger partial charge is 0.173 e. The van der Waals surface area contributed by atoms with Crippen LogP contribution in [0.1, 0.15) is 172 Å². The highest BCUT2D eigenvalue weighted by Gasteiger charge is 2.41. The summed E-state index contributed by atoms with van der Waals surface area (Å²) < 4.78 is 45.5. The molecule has 0 fully saturated rings. The Balaban J connectivity index is 0.441. The first kappa shape index (κ1) is 91.5. The highest BCUT2D eigenvalue weighted by Crippen LogP contribution is 2.49. The summed E-state index contributed by atoms with van der Waals surface area (Å²) in [5.74, 6) is 3.21. The lowest BCUT2D eigenvalue weighted by molar-refractivity contribution is -0.688. The molecule has 0 radical (unpaired) electrons. The lowest BCUT2D eigenvalue weighted by atomic mass is 9.64. The molecule has 0 N–H and O–H groups in total. The quantitative estimate of drug-likeness (QED) is 0.0220. The Hall–Kier alpha value is -13.8. The fraction of sp³-hybridized carbons (Fsp3) is 0.250. The molecule has 132 heavy (non-hydrogen) atoms. The van der Waals surface area contributed by atoms with E-state index in [4.69, 9.17) is 38.4 Å². The van der Waals surface area contributed by atoms with Crippen molar-refractivity contribution in [3.05, 3.63) is 479 Å². The topological polar surface area (TPSA) is 96.7 Å². The maximum absolute atomic E-state index is 6.27. The van der Waals surface area contributed by atoms with Crippen LogP contribution in [0.4, 0.5) is 0 Å². The van der Waals surface area contributed by atoms with Gasteiger partial charge >= 0.3 is 0 Å². The molecular formula is C120H124N6O6+4. The minimum absolute atomic E-state index is 0.0355. The van der Waals surface area contributed by atoms with Gasteiger partial charge in [-0.2, -0.15) is 0 Å². The van der Waals surface area contributed by atoms with Crippen molar-refractivity contribution < 1.29 is 46.7 Å². The van der Waals surface area contributed by atoms with Gasteiger partial charge in [-0.15, -0.1) is 0 Å². The molecule has 6 aromatic heterocycles. The molecule has 0 aliphatic carbocycles. The van der Waals surface area contributed by atoms with Gasteiger partial charge in [0.1, 0.15) is 49.4 Å². The summed E-state index contributed by atoms with van der Waals surface area (Å²) in [4.78, 5) is 9.54. The van der Waals surface area contributed by atoms with Gasteiger partial charge in [0.2, 0.25) is 0 Å². The average molecular weight is 1750 g/mol. The highest BCUT2D eigenvalue weighted by molar-refractivity contribution is 5.65. The molecular weight excluding hydrogens is 1620 g/mol. The second kappa shape index (κ2) is 41.1. The van der Waals surface area contributed by atoms with Crippen LogP contribution in [-0.2, 0) is 68.1 Å². The first-order valence-corrected chi connectivity index (χ1v) is 46.4. The molecule has 0 bridgehead atoms. The fourth-order valence-corrected chi connectivity index (χ4v) is 17.6. The first-order chi connectivity index (χ1) is 63.9. The summed E-state index contributed by atoms with van der Waals surface area (Å²) in [6.07, 6.45) is 20.9. The number of hydrogen-bond acceptors (Lipinski definition) is 8. The molecule has 0 amide bonds. The minimum atomic E-state index is -0.566. The summed E-state index contributed by atoms with van der Waals surface area (Å²) in [5.41, 5.74) is 24.8. The Kier molecular flexibility index (Phi) is 28.5. The van der Waals surface area contributed by atoms with E-state index in [-0.39, 0.29) is 21.7 Å². The summed E-state index contributed by atoms with van der Waals surface area (Å²) >= 11 is 0. The van der Waals surface area contributed by atoms with Crippen molar-refractivity contribution in [2.24, 2.45) is 0 Å². The Morgan fingerprint density at radius 2 is 0.409 bits per heavy atom. The van der Waals surface area contributed by atoms with Crippen molar-refractivity contribution in [1.82, 2.24) is 9.97 Å². The Labute approximate surface area is 781 Å². The SMILES string of the molecule is CC(C)(C)c1ccc(C(c2ccccc2)(c2ccc(OCCOCCOc3ccc(C[n+]4ccc(-c5cc[n+](Cc6ccnc(-c7cc(C[n+]8ccc(-c9cc[n+](Cc%10ccc(OCCOCCOc%11ccc(C(c%12ccccc%12)(c%12ccc(C(C)(C)C)cc%12)c%12ccc(C(C)(C)C)cc%12)cc%11)cc%10)cc9)cc8)ccn7)c6)cc5)cc4)cc3)cc2)c2ccc(C(C)(C)C)cc2)cc1. The second-order valence-corrected chi connectivity index (χ2v) is 38.6. The predicted molar refractivity (Wildman–Crippen MR) is 529 cm³/mol. The number of nitrogens with zero attached hydrogens (tertiary/aromatic N) is 6. The Bertz CT molecular complexity index is 5860. The Morgan fingerprint density at radius 1 is 0.205 bits per heavy atom. The molecule has 0 saturated carbocycles. The van der Waals surface area contributed by atoms with Gasteiger partial charge in [-0.3, -0.25) is 9.97 Å². The molecule has 10 aromatic carbocycles. The lowest BCUT2D eigenvalue weighted by Gasteiger charge is -2.37. The largest absolute Gasteiger partial charge is 0.491 e. The molecule has 12 heteroatoms. The van der Waals surface area contributed by atoms with Crippen LogP contribution in [0, 0.1) is 0 Å². The molecule has 0 spiro atoms. The Morgan fingerprint density at radius 3 is 0.644 bits per heavy atom. The van der Waals surface area contributed by atoms with Gasteiger partial charge in [0.15, 0.2) is 75.8 Å². The second-order valence-electron chi connectivity index (χ2n) is 38.6. The van der Waals surface area contributed by atoms with Crippen LogP contribution in [-0.4, -0.2) is 62.8 Å². The van der Waals surface area contributed by atoms with E-state index in [1.807, 2.05) is 36.7 Å².